The minimum absolute atomic E-state index is 0.0525. The molecule has 1 amide bonds. The number of nitrogens with two attached hydrogens (primary N) is 1. The molecule has 0 aromatic heterocycles. The highest BCUT2D eigenvalue weighted by molar-refractivity contribution is 5.68. The maximum atomic E-state index is 11.6. The molecule has 0 saturated carbocycles. The lowest BCUT2D eigenvalue weighted by molar-refractivity contribution is -0.608. The second kappa shape index (κ2) is 5.40. The lowest BCUT2D eigenvalue weighted by Crippen LogP contribution is -2.95. The Morgan fingerprint density at radius 3 is 2.82 bits per heavy atom. The second-order valence-corrected chi connectivity index (χ2v) is 4.71. The maximum Gasteiger partial charge on any atom is 0.324 e. The van der Waals surface area contributed by atoms with Crippen LogP contribution in [0.4, 0.5) is 0 Å². The largest absolute Gasteiger partial charge is 0.386 e. The summed E-state index contributed by atoms with van der Waals surface area (Å²) < 4.78 is 0. The van der Waals surface area contributed by atoms with Gasteiger partial charge in [-0.3, -0.25) is 10.2 Å². The summed E-state index contributed by atoms with van der Waals surface area (Å²) in [6.07, 6.45) is -0.454. The third kappa shape index (κ3) is 3.36. The summed E-state index contributed by atoms with van der Waals surface area (Å²) in [6.45, 7) is 3.55. The van der Waals surface area contributed by atoms with Crippen molar-refractivity contribution in [2.45, 2.75) is 25.6 Å². The molecule has 0 aliphatic carbocycles. The Hall–Kier alpha value is -1.23. The highest BCUT2D eigenvalue weighted by Gasteiger charge is 2.29. The molecule has 1 saturated heterocycles. The van der Waals surface area contributed by atoms with Crippen molar-refractivity contribution in [3.8, 4) is 0 Å². The van der Waals surface area contributed by atoms with E-state index in [9.17, 15) is 9.90 Å². The first-order chi connectivity index (χ1) is 8.15. The van der Waals surface area contributed by atoms with Crippen molar-refractivity contribution in [2.24, 2.45) is 0 Å². The number of rotatable bonds is 2. The summed E-state index contributed by atoms with van der Waals surface area (Å²) in [7, 11) is 0. The van der Waals surface area contributed by atoms with E-state index in [2.05, 4.69) is 0 Å². The molecule has 1 unspecified atom stereocenters. The minimum Gasteiger partial charge on any atom is -0.386 e. The van der Waals surface area contributed by atoms with Gasteiger partial charge >= 0.3 is 5.91 Å². The standard InChI is InChI=1S/C13H18N2O2/c1-10-12(16)8-15(9-13(17)14-10)7-11-5-3-2-4-6-11/h2-6,10,12,16H,7-9H2,1H3,(H,14,17)/p+1/t10-,12?/m1/s1. The molecule has 92 valence electrons. The average molecular weight is 235 g/mol. The molecule has 4 heteroatoms. The summed E-state index contributed by atoms with van der Waals surface area (Å²) in [6, 6.07) is 9.97. The molecule has 2 rings (SSSR count). The van der Waals surface area contributed by atoms with Crippen molar-refractivity contribution in [2.75, 3.05) is 13.1 Å². The van der Waals surface area contributed by atoms with Crippen LogP contribution in [0.25, 0.3) is 0 Å². The van der Waals surface area contributed by atoms with Crippen molar-refractivity contribution >= 4 is 5.91 Å². The van der Waals surface area contributed by atoms with Gasteiger partial charge in [-0.25, -0.2) is 4.79 Å². The molecule has 1 aromatic rings. The molecular formula is C13H19N2O2+. The lowest BCUT2D eigenvalue weighted by atomic mass is 10.1. The van der Waals surface area contributed by atoms with Crippen LogP contribution in [-0.4, -0.2) is 41.1 Å². The summed E-state index contributed by atoms with van der Waals surface area (Å²) in [5.41, 5.74) is 1.17. The lowest BCUT2D eigenvalue weighted by Gasteiger charge is -2.20. The van der Waals surface area contributed by atoms with Crippen LogP contribution < -0.4 is 5.32 Å². The normalized spacial score (nSPS) is 26.8. The Kier molecular flexibility index (Phi) is 3.89. The zero-order valence-electron chi connectivity index (χ0n) is 10.0. The number of β-amino-alcohol motifs (C(OH)–C–C–N with tert-alkyl or cyclic N) is 1. The van der Waals surface area contributed by atoms with Crippen molar-refractivity contribution in [3.63, 3.8) is 0 Å². The second-order valence-electron chi connectivity index (χ2n) is 4.71. The summed E-state index contributed by atoms with van der Waals surface area (Å²) in [4.78, 5) is 13.6. The van der Waals surface area contributed by atoms with Crippen LogP contribution >= 0.6 is 0 Å². The molecule has 1 heterocycles. The Balaban J connectivity index is 2.03. The van der Waals surface area contributed by atoms with Gasteiger partial charge in [-0.05, 0) is 12.5 Å². The van der Waals surface area contributed by atoms with Crippen LogP contribution in [0.2, 0.25) is 0 Å². The molecule has 0 spiro atoms. The number of aliphatic hydroxyl groups excluding tert-OH is 1. The van der Waals surface area contributed by atoms with Crippen LogP contribution in [0, 0.1) is 0 Å². The van der Waals surface area contributed by atoms with Gasteiger partial charge in [-0.1, -0.05) is 30.3 Å². The topological polar surface area (TPSA) is 57.2 Å². The van der Waals surface area contributed by atoms with Gasteiger partial charge in [-0.2, -0.15) is 0 Å². The molecule has 3 N–H and O–H groups in total. The smallest absolute Gasteiger partial charge is 0.324 e. The van der Waals surface area contributed by atoms with E-state index in [0.29, 0.717) is 19.6 Å². The van der Waals surface area contributed by atoms with Gasteiger partial charge in [0.2, 0.25) is 0 Å². The Morgan fingerprint density at radius 1 is 1.41 bits per heavy atom. The molecule has 1 aromatic carbocycles. The van der Waals surface area contributed by atoms with E-state index in [1.165, 1.54) is 5.56 Å². The molecule has 17 heavy (non-hydrogen) atoms. The Labute approximate surface area is 101 Å². The predicted octanol–water partition coefficient (Wildman–Crippen LogP) is -0.658. The SMILES string of the molecule is C[C@H]1[NH2+]C(=O)CN(Cc2ccccc2)CC1O. The molecule has 0 bridgehead atoms. The number of nitrogens with zero attached hydrogens (tertiary/aromatic N) is 1. The molecule has 2 atom stereocenters. The first kappa shape index (κ1) is 12.2. The average Bonchev–Trinajstić information content (AvgIpc) is 2.40. The Morgan fingerprint density at radius 2 is 2.12 bits per heavy atom. The number of primary amides is 1. The fourth-order valence-electron chi connectivity index (χ4n) is 2.13. The van der Waals surface area contributed by atoms with E-state index in [4.69, 9.17) is 0 Å². The van der Waals surface area contributed by atoms with Crippen molar-refractivity contribution in [1.82, 2.24) is 4.90 Å². The summed E-state index contributed by atoms with van der Waals surface area (Å²) in [5, 5.41) is 11.5. The van der Waals surface area contributed by atoms with Gasteiger partial charge < -0.3 is 5.11 Å². The number of aliphatic hydroxyl groups is 1. The number of quaternary nitrogens is 1. The summed E-state index contributed by atoms with van der Waals surface area (Å²) in [5.74, 6) is 0.102. The van der Waals surface area contributed by atoms with E-state index in [1.807, 2.05) is 42.2 Å². The first-order valence-corrected chi connectivity index (χ1v) is 5.97. The third-order valence-corrected chi connectivity index (χ3v) is 3.13. The van der Waals surface area contributed by atoms with Crippen molar-refractivity contribution < 1.29 is 15.2 Å². The fraction of sp³-hybridized carbons (Fsp3) is 0.462. The van der Waals surface area contributed by atoms with Gasteiger partial charge in [0.15, 0.2) is 0 Å². The van der Waals surface area contributed by atoms with Crippen LogP contribution in [0.5, 0.6) is 0 Å². The monoisotopic (exact) mass is 235 g/mol. The zero-order valence-corrected chi connectivity index (χ0v) is 10.0. The predicted molar refractivity (Wildman–Crippen MR) is 64.1 cm³/mol. The number of amides is 1. The zero-order chi connectivity index (χ0) is 12.3. The maximum absolute atomic E-state index is 11.6. The number of benzene rings is 1. The quantitative estimate of drug-likeness (QED) is 0.715. The van der Waals surface area contributed by atoms with Crippen LogP contribution in [-0.2, 0) is 11.3 Å². The molecule has 1 fully saturated rings. The minimum atomic E-state index is -0.454. The number of hydrogen-bond donors (Lipinski definition) is 2. The van der Waals surface area contributed by atoms with Gasteiger partial charge in [0.1, 0.15) is 18.7 Å². The van der Waals surface area contributed by atoms with E-state index >= 15 is 0 Å². The Bertz CT molecular complexity index is 380. The van der Waals surface area contributed by atoms with E-state index < -0.39 is 6.10 Å². The molecule has 1 aliphatic heterocycles. The van der Waals surface area contributed by atoms with Crippen LogP contribution in [0.15, 0.2) is 30.3 Å². The van der Waals surface area contributed by atoms with Crippen LogP contribution in [0.1, 0.15) is 12.5 Å². The van der Waals surface area contributed by atoms with Gasteiger partial charge in [-0.15, -0.1) is 0 Å². The summed E-state index contributed by atoms with van der Waals surface area (Å²) >= 11 is 0. The van der Waals surface area contributed by atoms with Crippen molar-refractivity contribution in [3.05, 3.63) is 35.9 Å². The van der Waals surface area contributed by atoms with Gasteiger partial charge in [0.25, 0.3) is 0 Å². The van der Waals surface area contributed by atoms with Gasteiger partial charge in [0.05, 0.1) is 0 Å². The number of hydrogen-bond acceptors (Lipinski definition) is 3. The van der Waals surface area contributed by atoms with Crippen molar-refractivity contribution in [1.29, 1.82) is 0 Å². The molecular weight excluding hydrogens is 216 g/mol. The fourth-order valence-corrected chi connectivity index (χ4v) is 2.13. The van der Waals surface area contributed by atoms with E-state index in [-0.39, 0.29) is 11.9 Å². The van der Waals surface area contributed by atoms with Crippen LogP contribution in [0.3, 0.4) is 0 Å². The number of carbonyl (C=O) groups is 1. The number of carbonyl (C=O) groups excluding carboxylic acids is 1. The molecule has 4 nitrogen and oxygen atoms in total. The third-order valence-electron chi connectivity index (χ3n) is 3.13. The highest BCUT2D eigenvalue weighted by atomic mass is 16.3. The van der Waals surface area contributed by atoms with E-state index in [0.717, 1.165) is 0 Å². The van der Waals surface area contributed by atoms with Gasteiger partial charge in [0, 0.05) is 13.1 Å². The first-order valence-electron chi connectivity index (χ1n) is 5.97. The molecule has 0 radical (unpaired) electrons. The van der Waals surface area contributed by atoms with E-state index in [1.54, 1.807) is 5.32 Å². The molecule has 1 aliphatic rings. The highest BCUT2D eigenvalue weighted by Crippen LogP contribution is 2.06.